The fourth-order valence-electron chi connectivity index (χ4n) is 1.94. The smallest absolute Gasteiger partial charge is 0.242 e. The van der Waals surface area contributed by atoms with Gasteiger partial charge in [-0.25, -0.2) is 0 Å². The molecule has 2 rings (SSSR count). The lowest BCUT2D eigenvalue weighted by molar-refractivity contribution is -0.121. The highest BCUT2D eigenvalue weighted by molar-refractivity contribution is 5.84. The molecule has 1 aromatic rings. The number of carbonyl (C=O) groups is 1. The third kappa shape index (κ3) is 2.57. The Labute approximate surface area is 99.8 Å². The van der Waals surface area contributed by atoms with Gasteiger partial charge in [0.15, 0.2) is 0 Å². The molecule has 1 atom stereocenters. The summed E-state index contributed by atoms with van der Waals surface area (Å²) in [5, 5.41) is 8.97. The number of aliphatic hydroxyl groups is 1. The van der Waals surface area contributed by atoms with Crippen molar-refractivity contribution in [3.63, 3.8) is 0 Å². The van der Waals surface area contributed by atoms with E-state index in [1.165, 1.54) is 0 Å². The molecule has 1 unspecified atom stereocenters. The fraction of sp³-hybridized carbons (Fsp3) is 0.417. The predicted octanol–water partition coefficient (Wildman–Crippen LogP) is -0.131. The molecule has 1 aliphatic rings. The highest BCUT2D eigenvalue weighted by Crippen LogP contribution is 2.20. The maximum absolute atomic E-state index is 11.3. The molecule has 92 valence electrons. The standard InChI is InChI=1S/C12H16N2O3/c13-12(16)11-8-17-6-5-14(11)10-3-1-9(7-15)2-4-10/h1-4,11,15H,5-8H2,(H2,13,16). The SMILES string of the molecule is NC(=O)C1COCCN1c1ccc(CO)cc1. The van der Waals surface area contributed by atoms with Crippen molar-refractivity contribution in [1.82, 2.24) is 0 Å². The van der Waals surface area contributed by atoms with Crippen molar-refractivity contribution in [3.05, 3.63) is 29.8 Å². The van der Waals surface area contributed by atoms with Crippen LogP contribution in [0.3, 0.4) is 0 Å². The van der Waals surface area contributed by atoms with Gasteiger partial charge in [-0.15, -0.1) is 0 Å². The third-order valence-electron chi connectivity index (χ3n) is 2.91. The second kappa shape index (κ2) is 5.16. The van der Waals surface area contributed by atoms with E-state index in [0.717, 1.165) is 11.3 Å². The van der Waals surface area contributed by atoms with Gasteiger partial charge in [-0.05, 0) is 17.7 Å². The largest absolute Gasteiger partial charge is 0.392 e. The first-order valence-electron chi connectivity index (χ1n) is 5.56. The van der Waals surface area contributed by atoms with Gasteiger partial charge in [-0.1, -0.05) is 12.1 Å². The van der Waals surface area contributed by atoms with Crippen molar-refractivity contribution in [2.45, 2.75) is 12.6 Å². The minimum Gasteiger partial charge on any atom is -0.392 e. The predicted molar refractivity (Wildman–Crippen MR) is 63.5 cm³/mol. The van der Waals surface area contributed by atoms with Crippen LogP contribution in [-0.2, 0) is 16.1 Å². The molecule has 1 saturated heterocycles. The van der Waals surface area contributed by atoms with Crippen LogP contribution in [0.2, 0.25) is 0 Å². The molecule has 1 amide bonds. The van der Waals surface area contributed by atoms with E-state index in [0.29, 0.717) is 19.8 Å². The number of benzene rings is 1. The van der Waals surface area contributed by atoms with Crippen LogP contribution < -0.4 is 10.6 Å². The van der Waals surface area contributed by atoms with Gasteiger partial charge in [0.1, 0.15) is 6.04 Å². The molecule has 0 bridgehead atoms. The topological polar surface area (TPSA) is 75.8 Å². The highest BCUT2D eigenvalue weighted by atomic mass is 16.5. The zero-order chi connectivity index (χ0) is 12.3. The number of nitrogens with zero attached hydrogens (tertiary/aromatic N) is 1. The zero-order valence-corrected chi connectivity index (χ0v) is 9.50. The summed E-state index contributed by atoms with van der Waals surface area (Å²) in [6, 6.07) is 7.02. The normalized spacial score (nSPS) is 20.3. The Bertz CT molecular complexity index is 391. The lowest BCUT2D eigenvalue weighted by atomic mass is 10.1. The molecule has 1 heterocycles. The minimum atomic E-state index is -0.413. The quantitative estimate of drug-likeness (QED) is 0.766. The molecule has 3 N–H and O–H groups in total. The minimum absolute atomic E-state index is 0.0165. The number of amides is 1. The van der Waals surface area contributed by atoms with E-state index in [1.807, 2.05) is 29.2 Å². The molecular formula is C12H16N2O3. The van der Waals surface area contributed by atoms with Crippen LogP contribution >= 0.6 is 0 Å². The average molecular weight is 236 g/mol. The number of hydrogen-bond acceptors (Lipinski definition) is 4. The maximum atomic E-state index is 11.3. The van der Waals surface area contributed by atoms with E-state index in [1.54, 1.807) is 0 Å². The molecule has 0 radical (unpaired) electrons. The first-order valence-corrected chi connectivity index (χ1v) is 5.56. The molecule has 0 aliphatic carbocycles. The van der Waals surface area contributed by atoms with E-state index >= 15 is 0 Å². The monoisotopic (exact) mass is 236 g/mol. The van der Waals surface area contributed by atoms with Crippen LogP contribution in [0.1, 0.15) is 5.56 Å². The lowest BCUT2D eigenvalue weighted by Crippen LogP contribution is -2.52. The first kappa shape index (κ1) is 11.9. The Hall–Kier alpha value is -1.59. The molecular weight excluding hydrogens is 220 g/mol. The Morgan fingerprint density at radius 3 is 2.76 bits per heavy atom. The van der Waals surface area contributed by atoms with Gasteiger partial charge < -0.3 is 20.5 Å². The number of nitrogens with two attached hydrogens (primary N) is 1. The molecule has 1 aliphatic heterocycles. The third-order valence-corrected chi connectivity index (χ3v) is 2.91. The molecule has 5 heteroatoms. The van der Waals surface area contributed by atoms with Crippen LogP contribution in [0.4, 0.5) is 5.69 Å². The number of carbonyl (C=O) groups excluding carboxylic acids is 1. The maximum Gasteiger partial charge on any atom is 0.242 e. The molecule has 1 fully saturated rings. The number of primary amides is 1. The van der Waals surface area contributed by atoms with Gasteiger partial charge in [-0.2, -0.15) is 0 Å². The van der Waals surface area contributed by atoms with Crippen LogP contribution in [0, 0.1) is 0 Å². The van der Waals surface area contributed by atoms with Crippen molar-refractivity contribution in [3.8, 4) is 0 Å². The Morgan fingerprint density at radius 2 is 2.18 bits per heavy atom. The summed E-state index contributed by atoms with van der Waals surface area (Å²) in [7, 11) is 0. The summed E-state index contributed by atoms with van der Waals surface area (Å²) in [6.07, 6.45) is 0. The number of aliphatic hydroxyl groups excluding tert-OH is 1. The van der Waals surface area contributed by atoms with Crippen LogP contribution in [0.25, 0.3) is 0 Å². The van der Waals surface area contributed by atoms with Gasteiger partial charge in [0, 0.05) is 12.2 Å². The van der Waals surface area contributed by atoms with Crippen LogP contribution in [0.5, 0.6) is 0 Å². The summed E-state index contributed by atoms with van der Waals surface area (Å²) < 4.78 is 5.26. The van der Waals surface area contributed by atoms with Crippen LogP contribution in [0.15, 0.2) is 24.3 Å². The lowest BCUT2D eigenvalue weighted by Gasteiger charge is -2.35. The molecule has 0 saturated carbocycles. The van der Waals surface area contributed by atoms with Crippen LogP contribution in [-0.4, -0.2) is 36.8 Å². The van der Waals surface area contributed by atoms with Gasteiger partial charge in [-0.3, -0.25) is 4.79 Å². The summed E-state index contributed by atoms with van der Waals surface area (Å²) in [5.41, 5.74) is 7.12. The van der Waals surface area contributed by atoms with Crippen molar-refractivity contribution >= 4 is 11.6 Å². The molecule has 5 nitrogen and oxygen atoms in total. The van der Waals surface area contributed by atoms with E-state index in [9.17, 15) is 4.79 Å². The number of morpholine rings is 1. The van der Waals surface area contributed by atoms with E-state index in [-0.39, 0.29) is 12.5 Å². The number of anilines is 1. The van der Waals surface area contributed by atoms with Crippen molar-refractivity contribution in [2.24, 2.45) is 5.73 Å². The van der Waals surface area contributed by atoms with Crippen molar-refractivity contribution < 1.29 is 14.6 Å². The fourth-order valence-corrected chi connectivity index (χ4v) is 1.94. The first-order chi connectivity index (χ1) is 8.22. The summed E-state index contributed by atoms with van der Waals surface area (Å²) in [6.45, 7) is 1.58. The number of ether oxygens (including phenoxy) is 1. The van der Waals surface area contributed by atoms with Gasteiger partial charge in [0.2, 0.25) is 5.91 Å². The molecule has 0 aromatic heterocycles. The van der Waals surface area contributed by atoms with E-state index in [2.05, 4.69) is 0 Å². The Balaban J connectivity index is 2.20. The van der Waals surface area contributed by atoms with E-state index < -0.39 is 6.04 Å². The zero-order valence-electron chi connectivity index (χ0n) is 9.50. The van der Waals surface area contributed by atoms with Gasteiger partial charge >= 0.3 is 0 Å². The molecule has 17 heavy (non-hydrogen) atoms. The Kier molecular flexibility index (Phi) is 3.61. The highest BCUT2D eigenvalue weighted by Gasteiger charge is 2.27. The van der Waals surface area contributed by atoms with Gasteiger partial charge in [0.05, 0.1) is 19.8 Å². The summed E-state index contributed by atoms with van der Waals surface area (Å²) in [5.74, 6) is -0.379. The van der Waals surface area contributed by atoms with Crippen molar-refractivity contribution in [1.29, 1.82) is 0 Å². The second-order valence-electron chi connectivity index (χ2n) is 4.01. The van der Waals surface area contributed by atoms with Crippen molar-refractivity contribution in [2.75, 3.05) is 24.7 Å². The molecule has 1 aromatic carbocycles. The average Bonchev–Trinajstić information content (AvgIpc) is 2.39. The summed E-state index contributed by atoms with van der Waals surface area (Å²) >= 11 is 0. The number of rotatable bonds is 3. The summed E-state index contributed by atoms with van der Waals surface area (Å²) in [4.78, 5) is 13.3. The Morgan fingerprint density at radius 1 is 1.47 bits per heavy atom. The molecule has 0 spiro atoms. The second-order valence-corrected chi connectivity index (χ2v) is 4.01. The number of hydrogen-bond donors (Lipinski definition) is 2. The van der Waals surface area contributed by atoms with Gasteiger partial charge in [0.25, 0.3) is 0 Å². The van der Waals surface area contributed by atoms with E-state index in [4.69, 9.17) is 15.6 Å².